The van der Waals surface area contributed by atoms with E-state index in [-0.39, 0.29) is 11.5 Å². The lowest BCUT2D eigenvalue weighted by atomic mass is 9.71. The number of carbonyl (C=O) groups excluding carboxylic acids is 1. The number of hydrogen-bond donors (Lipinski definition) is 1. The Bertz CT molecular complexity index is 388. The summed E-state index contributed by atoms with van der Waals surface area (Å²) in [5.74, 6) is 1.06. The van der Waals surface area contributed by atoms with Crippen molar-refractivity contribution in [2.45, 2.75) is 92.3 Å². The molecule has 0 spiro atoms. The Kier molecular flexibility index (Phi) is 6.77. The lowest BCUT2D eigenvalue weighted by Crippen LogP contribution is -2.43. The molecule has 1 unspecified atom stereocenters. The van der Waals surface area contributed by atoms with Crippen LogP contribution in [0.25, 0.3) is 0 Å². The molecule has 24 heavy (non-hydrogen) atoms. The first-order valence-corrected chi connectivity index (χ1v) is 9.37. The minimum absolute atomic E-state index is 0.198. The summed E-state index contributed by atoms with van der Waals surface area (Å²) >= 11 is 0. The van der Waals surface area contributed by atoms with Gasteiger partial charge in [0.1, 0.15) is 5.60 Å². The summed E-state index contributed by atoms with van der Waals surface area (Å²) in [6.07, 6.45) is 3.72. The van der Waals surface area contributed by atoms with E-state index in [0.29, 0.717) is 11.8 Å². The molecule has 1 aliphatic heterocycles. The fourth-order valence-corrected chi connectivity index (χ4v) is 3.71. The maximum Gasteiger partial charge on any atom is 0.410 e. The SMILES string of the molecule is CC(C)(C)CC(CC(C)(C)O)C1CCN(C(=O)OC(C)(C)C)CC1. The molecular weight excluding hydrogens is 302 g/mol. The van der Waals surface area contributed by atoms with Crippen LogP contribution in [-0.2, 0) is 4.74 Å². The predicted molar refractivity (Wildman–Crippen MR) is 99.0 cm³/mol. The molecule has 1 amide bonds. The molecule has 1 N–H and O–H groups in total. The van der Waals surface area contributed by atoms with Gasteiger partial charge in [-0.25, -0.2) is 4.79 Å². The van der Waals surface area contributed by atoms with Gasteiger partial charge < -0.3 is 14.7 Å². The number of hydrogen-bond acceptors (Lipinski definition) is 3. The number of amides is 1. The summed E-state index contributed by atoms with van der Waals surface area (Å²) < 4.78 is 5.48. The van der Waals surface area contributed by atoms with E-state index in [4.69, 9.17) is 4.74 Å². The first-order chi connectivity index (χ1) is 10.7. The molecule has 1 rings (SSSR count). The van der Waals surface area contributed by atoms with E-state index in [1.54, 1.807) is 0 Å². The highest BCUT2D eigenvalue weighted by molar-refractivity contribution is 5.68. The second-order valence-corrected chi connectivity index (χ2v) is 10.3. The molecule has 1 aliphatic rings. The zero-order chi connectivity index (χ0) is 18.8. The molecule has 0 saturated carbocycles. The molecule has 0 aromatic rings. The molecule has 1 atom stereocenters. The van der Waals surface area contributed by atoms with Crippen LogP contribution in [-0.4, -0.2) is 40.4 Å². The second kappa shape index (κ2) is 7.63. The van der Waals surface area contributed by atoms with Crippen LogP contribution in [0.1, 0.15) is 81.1 Å². The summed E-state index contributed by atoms with van der Waals surface area (Å²) in [6.45, 7) is 17.8. The summed E-state index contributed by atoms with van der Waals surface area (Å²) in [5.41, 5.74) is -0.833. The van der Waals surface area contributed by atoms with Gasteiger partial charge in [0, 0.05) is 13.1 Å². The molecule has 4 heteroatoms. The smallest absolute Gasteiger partial charge is 0.410 e. The van der Waals surface area contributed by atoms with E-state index in [9.17, 15) is 9.90 Å². The van der Waals surface area contributed by atoms with E-state index >= 15 is 0 Å². The van der Waals surface area contributed by atoms with Crippen molar-refractivity contribution in [2.75, 3.05) is 13.1 Å². The molecule has 4 nitrogen and oxygen atoms in total. The van der Waals surface area contributed by atoms with Crippen molar-refractivity contribution >= 4 is 6.09 Å². The van der Waals surface area contributed by atoms with E-state index < -0.39 is 11.2 Å². The van der Waals surface area contributed by atoms with Gasteiger partial charge in [0.2, 0.25) is 0 Å². The second-order valence-electron chi connectivity index (χ2n) is 10.3. The summed E-state index contributed by atoms with van der Waals surface area (Å²) in [4.78, 5) is 14.0. The predicted octanol–water partition coefficient (Wildman–Crippen LogP) is 4.85. The van der Waals surface area contributed by atoms with Gasteiger partial charge in [-0.05, 0) is 77.6 Å². The molecule has 0 aliphatic carbocycles. The lowest BCUT2D eigenvalue weighted by molar-refractivity contribution is 0.00206. The molecule has 142 valence electrons. The Morgan fingerprint density at radius 1 is 1.04 bits per heavy atom. The number of carbonyl (C=O) groups is 1. The molecule has 0 aromatic carbocycles. The molecule has 0 bridgehead atoms. The quantitative estimate of drug-likeness (QED) is 0.795. The van der Waals surface area contributed by atoms with Crippen LogP contribution in [0, 0.1) is 17.3 Å². The maximum absolute atomic E-state index is 12.2. The van der Waals surface area contributed by atoms with Crippen molar-refractivity contribution in [2.24, 2.45) is 17.3 Å². The molecule has 0 aromatic heterocycles. The normalized spacial score (nSPS) is 19.3. The fraction of sp³-hybridized carbons (Fsp3) is 0.950. The van der Waals surface area contributed by atoms with Crippen LogP contribution < -0.4 is 0 Å². The van der Waals surface area contributed by atoms with Crippen molar-refractivity contribution in [3.05, 3.63) is 0 Å². The van der Waals surface area contributed by atoms with Crippen molar-refractivity contribution in [1.82, 2.24) is 4.90 Å². The van der Waals surface area contributed by atoms with Gasteiger partial charge >= 0.3 is 6.09 Å². The van der Waals surface area contributed by atoms with Gasteiger partial charge in [0.05, 0.1) is 5.60 Å². The fourth-order valence-electron chi connectivity index (χ4n) is 3.71. The van der Waals surface area contributed by atoms with Gasteiger partial charge in [0.25, 0.3) is 0 Å². The Morgan fingerprint density at radius 3 is 1.92 bits per heavy atom. The van der Waals surface area contributed by atoms with Crippen molar-refractivity contribution in [3.8, 4) is 0 Å². The Labute approximate surface area is 148 Å². The van der Waals surface area contributed by atoms with E-state index in [2.05, 4.69) is 20.8 Å². The average molecular weight is 342 g/mol. The third kappa shape index (κ3) is 8.36. The Balaban J connectivity index is 2.65. The summed E-state index contributed by atoms with van der Waals surface area (Å²) in [7, 11) is 0. The summed E-state index contributed by atoms with van der Waals surface area (Å²) in [5, 5.41) is 10.3. The highest BCUT2D eigenvalue weighted by Crippen LogP contribution is 2.38. The van der Waals surface area contributed by atoms with Crippen LogP contribution in [0.15, 0.2) is 0 Å². The zero-order valence-corrected chi connectivity index (χ0v) is 17.1. The molecule has 1 heterocycles. The van der Waals surface area contributed by atoms with Gasteiger partial charge in [-0.2, -0.15) is 0 Å². The molecule has 1 fully saturated rings. The van der Waals surface area contributed by atoms with Crippen LogP contribution >= 0.6 is 0 Å². The number of piperidine rings is 1. The summed E-state index contributed by atoms with van der Waals surface area (Å²) in [6, 6.07) is 0. The number of likely N-dealkylation sites (tertiary alicyclic amines) is 1. The van der Waals surface area contributed by atoms with Gasteiger partial charge in [-0.15, -0.1) is 0 Å². The minimum atomic E-state index is -0.641. The Hall–Kier alpha value is -0.770. The third-order valence-electron chi connectivity index (χ3n) is 4.49. The lowest BCUT2D eigenvalue weighted by Gasteiger charge is -2.40. The minimum Gasteiger partial charge on any atom is -0.444 e. The highest BCUT2D eigenvalue weighted by atomic mass is 16.6. The van der Waals surface area contributed by atoms with Crippen LogP contribution in [0.3, 0.4) is 0 Å². The maximum atomic E-state index is 12.2. The van der Waals surface area contributed by atoms with Crippen LogP contribution in [0.5, 0.6) is 0 Å². The van der Waals surface area contributed by atoms with Gasteiger partial charge in [0.15, 0.2) is 0 Å². The number of ether oxygens (including phenoxy) is 1. The molecule has 1 saturated heterocycles. The van der Waals surface area contributed by atoms with Crippen LogP contribution in [0.2, 0.25) is 0 Å². The monoisotopic (exact) mass is 341 g/mol. The topological polar surface area (TPSA) is 49.8 Å². The van der Waals surface area contributed by atoms with E-state index in [0.717, 1.165) is 38.8 Å². The van der Waals surface area contributed by atoms with Crippen molar-refractivity contribution in [3.63, 3.8) is 0 Å². The number of nitrogens with zero attached hydrogens (tertiary/aromatic N) is 1. The number of rotatable bonds is 4. The van der Waals surface area contributed by atoms with Crippen molar-refractivity contribution in [1.29, 1.82) is 0 Å². The third-order valence-corrected chi connectivity index (χ3v) is 4.49. The Morgan fingerprint density at radius 2 is 1.54 bits per heavy atom. The van der Waals surface area contributed by atoms with Gasteiger partial charge in [-0.1, -0.05) is 20.8 Å². The highest BCUT2D eigenvalue weighted by Gasteiger charge is 2.34. The van der Waals surface area contributed by atoms with E-state index in [1.165, 1.54) is 0 Å². The first-order valence-electron chi connectivity index (χ1n) is 9.37. The van der Waals surface area contributed by atoms with Crippen LogP contribution in [0.4, 0.5) is 4.79 Å². The van der Waals surface area contributed by atoms with Gasteiger partial charge in [-0.3, -0.25) is 0 Å². The standard InChI is InChI=1S/C20H39NO3/c1-18(2,3)13-16(14-20(7,8)23)15-9-11-21(12-10-15)17(22)24-19(4,5)6/h15-16,23H,9-14H2,1-8H3. The number of aliphatic hydroxyl groups is 1. The van der Waals surface area contributed by atoms with E-state index in [1.807, 2.05) is 39.5 Å². The largest absolute Gasteiger partial charge is 0.444 e. The first kappa shape index (κ1) is 21.3. The average Bonchev–Trinajstić information content (AvgIpc) is 2.32. The van der Waals surface area contributed by atoms with Crippen molar-refractivity contribution < 1.29 is 14.6 Å². The zero-order valence-electron chi connectivity index (χ0n) is 17.1. The molecular formula is C20H39NO3. The molecule has 0 radical (unpaired) electrons.